The number of hydrogen-bond donors (Lipinski definition) is 0. The average Bonchev–Trinajstić information content (AvgIpc) is 3.12. The van der Waals surface area contributed by atoms with Gasteiger partial charge in [-0.2, -0.15) is 18.3 Å². The number of aromatic nitrogens is 2. The monoisotopic (exact) mass is 514 g/mol. The summed E-state index contributed by atoms with van der Waals surface area (Å²) in [5.41, 5.74) is 0.372. The van der Waals surface area contributed by atoms with Gasteiger partial charge in [0.1, 0.15) is 5.69 Å². The number of halogens is 3. The number of nitro groups is 1. The Kier molecular flexibility index (Phi) is 6.43. The molecular weight excluding hydrogens is 489 g/mol. The first-order valence-electron chi connectivity index (χ1n) is 11.5. The molecule has 4 rings (SSSR count). The molecule has 0 fully saturated rings. The van der Waals surface area contributed by atoms with E-state index in [0.29, 0.717) is 29.8 Å². The third-order valence-corrected chi connectivity index (χ3v) is 6.39. The maximum Gasteiger partial charge on any atom is 0.416 e. The lowest BCUT2D eigenvalue weighted by Gasteiger charge is -2.29. The second-order valence-corrected chi connectivity index (χ2v) is 10.1. The number of amides is 1. The number of carbonyl (C=O) groups excluding carboxylic acids is 2. The van der Waals surface area contributed by atoms with Gasteiger partial charge in [-0.25, -0.2) is 4.68 Å². The van der Waals surface area contributed by atoms with Crippen molar-refractivity contribution < 1.29 is 27.7 Å². The molecule has 0 spiro atoms. The van der Waals surface area contributed by atoms with Crippen molar-refractivity contribution in [3.63, 3.8) is 0 Å². The average molecular weight is 515 g/mol. The Morgan fingerprint density at radius 3 is 2.54 bits per heavy atom. The highest BCUT2D eigenvalue weighted by atomic mass is 19.4. The highest BCUT2D eigenvalue weighted by Crippen LogP contribution is 2.38. The van der Waals surface area contributed by atoms with E-state index in [9.17, 15) is 32.9 Å². The van der Waals surface area contributed by atoms with Crippen molar-refractivity contribution >= 4 is 17.4 Å². The number of aryl methyl sites for hydroxylation is 1. The van der Waals surface area contributed by atoms with Crippen LogP contribution in [-0.4, -0.2) is 38.3 Å². The number of hydrogen-bond acceptors (Lipinski definition) is 5. The Labute approximate surface area is 210 Å². The number of nitrogens with zero attached hydrogens (tertiary/aromatic N) is 4. The highest BCUT2D eigenvalue weighted by Gasteiger charge is 2.37. The molecule has 1 heterocycles. The summed E-state index contributed by atoms with van der Waals surface area (Å²) < 4.78 is 40.5. The van der Waals surface area contributed by atoms with Crippen LogP contribution >= 0.6 is 0 Å². The molecular formula is C26H25F3N4O4. The van der Waals surface area contributed by atoms with Crippen molar-refractivity contribution in [3.05, 3.63) is 86.2 Å². The zero-order valence-corrected chi connectivity index (χ0v) is 20.7. The number of rotatable bonds is 5. The Morgan fingerprint density at radius 1 is 1.19 bits per heavy atom. The molecule has 0 bridgehead atoms. The lowest BCUT2D eigenvalue weighted by atomic mass is 9.75. The van der Waals surface area contributed by atoms with Crippen molar-refractivity contribution in [3.8, 4) is 5.69 Å². The smallest absolute Gasteiger partial charge is 0.337 e. The van der Waals surface area contributed by atoms with E-state index in [0.717, 1.165) is 18.2 Å². The molecule has 0 atom stereocenters. The number of alkyl halides is 3. The number of fused-ring (bicyclic) bond motifs is 1. The van der Waals surface area contributed by atoms with E-state index in [4.69, 9.17) is 0 Å². The van der Waals surface area contributed by atoms with Gasteiger partial charge in [-0.15, -0.1) is 0 Å². The van der Waals surface area contributed by atoms with E-state index in [1.807, 2.05) is 13.8 Å². The van der Waals surface area contributed by atoms with E-state index in [2.05, 4.69) is 5.10 Å². The number of nitro benzene ring substituents is 1. The third-order valence-electron chi connectivity index (χ3n) is 6.39. The predicted molar refractivity (Wildman–Crippen MR) is 129 cm³/mol. The molecule has 0 saturated heterocycles. The van der Waals surface area contributed by atoms with Gasteiger partial charge in [0.2, 0.25) is 0 Å². The number of ketones is 1. The molecule has 0 saturated carbocycles. The Morgan fingerprint density at radius 2 is 1.89 bits per heavy atom. The van der Waals surface area contributed by atoms with Crippen LogP contribution in [0.25, 0.3) is 5.69 Å². The molecule has 1 aliphatic rings. The van der Waals surface area contributed by atoms with Gasteiger partial charge >= 0.3 is 6.18 Å². The predicted octanol–water partition coefficient (Wildman–Crippen LogP) is 5.54. The van der Waals surface area contributed by atoms with Crippen molar-refractivity contribution in [1.29, 1.82) is 0 Å². The topological polar surface area (TPSA) is 98.3 Å². The van der Waals surface area contributed by atoms with Gasteiger partial charge in [0, 0.05) is 31.6 Å². The minimum absolute atomic E-state index is 0.000854. The molecule has 1 aromatic heterocycles. The molecule has 0 unspecified atom stereocenters. The van der Waals surface area contributed by atoms with Crippen LogP contribution in [0.2, 0.25) is 0 Å². The summed E-state index contributed by atoms with van der Waals surface area (Å²) in [6.45, 7) is 5.44. The Bertz CT molecular complexity index is 1430. The first kappa shape index (κ1) is 26.1. The summed E-state index contributed by atoms with van der Waals surface area (Å²) in [4.78, 5) is 38.3. The van der Waals surface area contributed by atoms with Crippen LogP contribution in [0.15, 0.2) is 42.5 Å². The quantitative estimate of drug-likeness (QED) is 0.329. The summed E-state index contributed by atoms with van der Waals surface area (Å²) in [6, 6.07) is 8.57. The van der Waals surface area contributed by atoms with Gasteiger partial charge in [-0.1, -0.05) is 26.0 Å². The van der Waals surface area contributed by atoms with Gasteiger partial charge in [-0.3, -0.25) is 19.7 Å². The van der Waals surface area contributed by atoms with Gasteiger partial charge in [0.15, 0.2) is 5.78 Å². The van der Waals surface area contributed by atoms with Gasteiger partial charge in [0.25, 0.3) is 11.6 Å². The van der Waals surface area contributed by atoms with Crippen LogP contribution in [0.4, 0.5) is 18.9 Å². The zero-order chi connectivity index (χ0) is 27.3. The van der Waals surface area contributed by atoms with E-state index in [1.54, 1.807) is 6.92 Å². The third kappa shape index (κ3) is 5.11. The van der Waals surface area contributed by atoms with Gasteiger partial charge in [-0.05, 0) is 48.6 Å². The van der Waals surface area contributed by atoms with Crippen LogP contribution < -0.4 is 0 Å². The van der Waals surface area contributed by atoms with Gasteiger partial charge < -0.3 is 4.90 Å². The van der Waals surface area contributed by atoms with Crippen molar-refractivity contribution in [2.75, 3.05) is 7.05 Å². The van der Waals surface area contributed by atoms with E-state index >= 15 is 0 Å². The minimum Gasteiger partial charge on any atom is -0.337 e. The molecule has 11 heteroatoms. The molecule has 37 heavy (non-hydrogen) atoms. The second-order valence-electron chi connectivity index (χ2n) is 10.1. The van der Waals surface area contributed by atoms with Crippen molar-refractivity contribution in [2.24, 2.45) is 5.41 Å². The first-order valence-corrected chi connectivity index (χ1v) is 11.5. The maximum absolute atomic E-state index is 13.0. The van der Waals surface area contributed by atoms with Crippen LogP contribution in [0.5, 0.6) is 0 Å². The molecule has 0 N–H and O–H groups in total. The number of benzene rings is 2. The van der Waals surface area contributed by atoms with Crippen LogP contribution in [0.3, 0.4) is 0 Å². The summed E-state index contributed by atoms with van der Waals surface area (Å²) in [5, 5.41) is 16.4. The zero-order valence-electron chi connectivity index (χ0n) is 20.7. The van der Waals surface area contributed by atoms with Crippen LogP contribution in [0, 0.1) is 22.5 Å². The standard InChI is InChI=1S/C26H25F3N4O4/c1-15-23-21(12-25(2,3)13-22(23)34)32(30-15)19-9-8-17(11-20(19)33(36)37)24(35)31(4)14-16-6-5-7-18(10-16)26(27,28)29/h5-11H,12-14H2,1-4H3. The molecule has 8 nitrogen and oxygen atoms in total. The van der Waals surface area contributed by atoms with Crippen LogP contribution in [0.1, 0.15) is 63.5 Å². The molecule has 1 aliphatic carbocycles. The van der Waals surface area contributed by atoms with Crippen LogP contribution in [-0.2, 0) is 19.1 Å². The van der Waals surface area contributed by atoms with Crippen molar-refractivity contribution in [1.82, 2.24) is 14.7 Å². The van der Waals surface area contributed by atoms with E-state index in [-0.39, 0.29) is 40.2 Å². The minimum atomic E-state index is -4.51. The highest BCUT2D eigenvalue weighted by molar-refractivity contribution is 6.00. The first-order chi connectivity index (χ1) is 17.2. The molecule has 194 valence electrons. The molecule has 0 radical (unpaired) electrons. The van der Waals surface area contributed by atoms with Gasteiger partial charge in [0.05, 0.1) is 27.4 Å². The van der Waals surface area contributed by atoms with Crippen molar-refractivity contribution in [2.45, 2.75) is 46.3 Å². The lowest BCUT2D eigenvalue weighted by molar-refractivity contribution is -0.384. The lowest BCUT2D eigenvalue weighted by Crippen LogP contribution is -2.28. The fourth-order valence-corrected chi connectivity index (χ4v) is 4.73. The summed E-state index contributed by atoms with van der Waals surface area (Å²) >= 11 is 0. The summed E-state index contributed by atoms with van der Waals surface area (Å²) in [5.74, 6) is -0.664. The molecule has 1 amide bonds. The second kappa shape index (κ2) is 9.13. The SMILES string of the molecule is Cc1nn(-c2ccc(C(=O)N(C)Cc3cccc(C(F)(F)F)c3)cc2[N+](=O)[O-])c2c1C(=O)CC(C)(C)C2. The largest absolute Gasteiger partial charge is 0.416 e. The number of carbonyl (C=O) groups is 2. The molecule has 0 aliphatic heterocycles. The maximum atomic E-state index is 13.0. The Hall–Kier alpha value is -4.02. The normalized spacial score (nSPS) is 14.8. The Balaban J connectivity index is 1.67. The molecule has 2 aromatic carbocycles. The summed E-state index contributed by atoms with van der Waals surface area (Å²) in [7, 11) is 1.41. The van der Waals surface area contributed by atoms with E-state index in [1.165, 1.54) is 40.9 Å². The fourth-order valence-electron chi connectivity index (χ4n) is 4.73. The summed E-state index contributed by atoms with van der Waals surface area (Å²) in [6.07, 6.45) is -3.67. The number of Topliss-reactive ketones (excluding diaryl/α,β-unsaturated/α-hetero) is 1. The van der Waals surface area contributed by atoms with E-state index < -0.39 is 22.6 Å². The molecule has 3 aromatic rings. The fraction of sp³-hybridized carbons (Fsp3) is 0.346.